The number of benzene rings is 1. The van der Waals surface area contributed by atoms with Crippen molar-refractivity contribution in [2.75, 3.05) is 6.54 Å². The van der Waals surface area contributed by atoms with Gasteiger partial charge in [0, 0.05) is 18.7 Å². The molecule has 0 heterocycles. The second-order valence-electron chi connectivity index (χ2n) is 5.17. The van der Waals surface area contributed by atoms with Gasteiger partial charge in [0.05, 0.1) is 0 Å². The molecule has 0 aliphatic heterocycles. The molecule has 0 radical (unpaired) electrons. The van der Waals surface area contributed by atoms with Crippen LogP contribution in [0.25, 0.3) is 0 Å². The molecule has 0 fully saturated rings. The van der Waals surface area contributed by atoms with E-state index in [1.807, 2.05) is 6.07 Å². The van der Waals surface area contributed by atoms with Gasteiger partial charge in [0.25, 0.3) is 6.43 Å². The molecule has 0 unspecified atom stereocenters. The van der Waals surface area contributed by atoms with E-state index in [2.05, 4.69) is 26.1 Å². The summed E-state index contributed by atoms with van der Waals surface area (Å²) in [4.78, 5) is 0. The monoisotopic (exact) mass is 241 g/mol. The lowest BCUT2D eigenvalue weighted by molar-refractivity contribution is 0.151. The number of alkyl halides is 2. The van der Waals surface area contributed by atoms with E-state index >= 15 is 0 Å². The van der Waals surface area contributed by atoms with Crippen molar-refractivity contribution in [3.05, 3.63) is 35.4 Å². The van der Waals surface area contributed by atoms with Crippen molar-refractivity contribution in [2.45, 2.75) is 40.2 Å². The molecule has 0 aliphatic rings. The van der Waals surface area contributed by atoms with Crippen LogP contribution in [0.3, 0.4) is 0 Å². The first-order valence-corrected chi connectivity index (χ1v) is 6.02. The topological polar surface area (TPSA) is 12.0 Å². The van der Waals surface area contributed by atoms with Crippen molar-refractivity contribution in [1.29, 1.82) is 0 Å². The average molecular weight is 241 g/mol. The number of hydrogen-bond acceptors (Lipinski definition) is 1. The Morgan fingerprint density at radius 2 is 2.00 bits per heavy atom. The first-order chi connectivity index (χ1) is 7.94. The number of hydrogen-bond donors (Lipinski definition) is 1. The van der Waals surface area contributed by atoms with Gasteiger partial charge in [-0.3, -0.25) is 0 Å². The molecule has 1 aromatic rings. The van der Waals surface area contributed by atoms with Gasteiger partial charge in [0.15, 0.2) is 0 Å². The zero-order chi connectivity index (χ0) is 12.9. The lowest BCUT2D eigenvalue weighted by atomic mass is 9.90. The number of nitrogens with one attached hydrogen (secondary N) is 1. The van der Waals surface area contributed by atoms with Crippen molar-refractivity contribution >= 4 is 0 Å². The van der Waals surface area contributed by atoms with Crippen LogP contribution >= 0.6 is 0 Å². The predicted octanol–water partition coefficient (Wildman–Crippen LogP) is 4.15. The summed E-state index contributed by atoms with van der Waals surface area (Å²) in [6, 6.07) is 6.59. The summed E-state index contributed by atoms with van der Waals surface area (Å²) in [5.74, 6) is 0. The lowest BCUT2D eigenvalue weighted by Crippen LogP contribution is -2.28. The number of halogens is 2. The van der Waals surface area contributed by atoms with Gasteiger partial charge in [0.1, 0.15) is 0 Å². The predicted molar refractivity (Wildman–Crippen MR) is 67.2 cm³/mol. The summed E-state index contributed by atoms with van der Waals surface area (Å²) in [6.45, 7) is 8.07. The first-order valence-electron chi connectivity index (χ1n) is 6.02. The molecule has 0 bridgehead atoms. The summed E-state index contributed by atoms with van der Waals surface area (Å²) in [7, 11) is 0. The van der Waals surface area contributed by atoms with E-state index in [4.69, 9.17) is 0 Å². The van der Waals surface area contributed by atoms with Gasteiger partial charge >= 0.3 is 0 Å². The molecule has 1 nitrogen and oxygen atoms in total. The van der Waals surface area contributed by atoms with Crippen LogP contribution in [0.5, 0.6) is 0 Å². The minimum atomic E-state index is -2.39. The van der Waals surface area contributed by atoms with Crippen LogP contribution in [0, 0.1) is 5.41 Å². The Morgan fingerprint density at radius 1 is 1.29 bits per heavy atom. The van der Waals surface area contributed by atoms with E-state index in [0.717, 1.165) is 18.5 Å². The van der Waals surface area contributed by atoms with Crippen LogP contribution in [0.15, 0.2) is 24.3 Å². The van der Waals surface area contributed by atoms with Crippen LogP contribution in [-0.4, -0.2) is 6.54 Å². The summed E-state index contributed by atoms with van der Waals surface area (Å²) >= 11 is 0. The molecule has 1 rings (SSSR count). The largest absolute Gasteiger partial charge is 0.312 e. The molecular formula is C14H21F2N. The molecule has 17 heavy (non-hydrogen) atoms. The Bertz CT molecular complexity index is 348. The summed E-state index contributed by atoms with van der Waals surface area (Å²) in [6.07, 6.45) is -1.29. The summed E-state index contributed by atoms with van der Waals surface area (Å²) in [5.41, 5.74) is 1.26. The molecule has 0 aromatic heterocycles. The molecule has 0 saturated carbocycles. The quantitative estimate of drug-likeness (QED) is 0.789. The fourth-order valence-corrected chi connectivity index (χ4v) is 1.51. The maximum absolute atomic E-state index is 12.5. The molecule has 0 spiro atoms. The average Bonchev–Trinajstić information content (AvgIpc) is 2.29. The van der Waals surface area contributed by atoms with Gasteiger partial charge in [-0.2, -0.15) is 0 Å². The summed E-state index contributed by atoms with van der Waals surface area (Å²) < 4.78 is 25.0. The highest BCUT2D eigenvalue weighted by atomic mass is 19.3. The SMILES string of the molecule is CCC(C)(C)CNCc1cccc(C(F)F)c1. The van der Waals surface area contributed by atoms with E-state index in [1.165, 1.54) is 6.07 Å². The third-order valence-electron chi connectivity index (χ3n) is 3.09. The van der Waals surface area contributed by atoms with Crippen molar-refractivity contribution in [2.24, 2.45) is 5.41 Å². The fourth-order valence-electron chi connectivity index (χ4n) is 1.51. The second-order valence-corrected chi connectivity index (χ2v) is 5.17. The third-order valence-corrected chi connectivity index (χ3v) is 3.09. The van der Waals surface area contributed by atoms with E-state index in [0.29, 0.717) is 6.54 Å². The highest BCUT2D eigenvalue weighted by molar-refractivity contribution is 5.24. The molecule has 0 amide bonds. The molecule has 0 aliphatic carbocycles. The lowest BCUT2D eigenvalue weighted by Gasteiger charge is -2.23. The van der Waals surface area contributed by atoms with Gasteiger partial charge in [-0.15, -0.1) is 0 Å². The van der Waals surface area contributed by atoms with Gasteiger partial charge in [-0.1, -0.05) is 39.0 Å². The van der Waals surface area contributed by atoms with Crippen LogP contribution in [-0.2, 0) is 6.54 Å². The van der Waals surface area contributed by atoms with Crippen molar-refractivity contribution in [3.63, 3.8) is 0 Å². The van der Waals surface area contributed by atoms with Crippen LogP contribution < -0.4 is 5.32 Å². The Balaban J connectivity index is 2.50. The van der Waals surface area contributed by atoms with Crippen LogP contribution in [0.4, 0.5) is 8.78 Å². The minimum Gasteiger partial charge on any atom is -0.312 e. The molecule has 96 valence electrons. The fraction of sp³-hybridized carbons (Fsp3) is 0.571. The Hall–Kier alpha value is -0.960. The smallest absolute Gasteiger partial charge is 0.263 e. The minimum absolute atomic E-state index is 0.0963. The van der Waals surface area contributed by atoms with Crippen LogP contribution in [0.2, 0.25) is 0 Å². The molecule has 3 heteroatoms. The molecular weight excluding hydrogens is 220 g/mol. The van der Waals surface area contributed by atoms with E-state index in [1.54, 1.807) is 12.1 Å². The number of rotatable bonds is 6. The Kier molecular flexibility index (Phi) is 5.06. The van der Waals surface area contributed by atoms with Gasteiger partial charge in [-0.05, 0) is 23.5 Å². The van der Waals surface area contributed by atoms with Crippen molar-refractivity contribution in [1.82, 2.24) is 5.32 Å². The standard InChI is InChI=1S/C14H21F2N/c1-4-14(2,3)10-17-9-11-6-5-7-12(8-11)13(15)16/h5-8,13,17H,4,9-10H2,1-3H3. The normalized spacial score (nSPS) is 12.1. The highest BCUT2D eigenvalue weighted by Crippen LogP contribution is 2.20. The van der Waals surface area contributed by atoms with E-state index < -0.39 is 6.43 Å². The van der Waals surface area contributed by atoms with Crippen molar-refractivity contribution < 1.29 is 8.78 Å². The highest BCUT2D eigenvalue weighted by Gasteiger charge is 2.14. The molecule has 1 N–H and O–H groups in total. The van der Waals surface area contributed by atoms with E-state index in [9.17, 15) is 8.78 Å². The Morgan fingerprint density at radius 3 is 2.59 bits per heavy atom. The summed E-state index contributed by atoms with van der Waals surface area (Å²) in [5, 5.41) is 3.31. The van der Waals surface area contributed by atoms with E-state index in [-0.39, 0.29) is 11.0 Å². The van der Waals surface area contributed by atoms with Gasteiger partial charge in [0.2, 0.25) is 0 Å². The second kappa shape index (κ2) is 6.10. The van der Waals surface area contributed by atoms with Crippen LogP contribution in [0.1, 0.15) is 44.7 Å². The molecule has 0 atom stereocenters. The zero-order valence-corrected chi connectivity index (χ0v) is 10.8. The third kappa shape index (κ3) is 4.82. The van der Waals surface area contributed by atoms with Crippen molar-refractivity contribution in [3.8, 4) is 0 Å². The maximum atomic E-state index is 12.5. The molecule has 1 aromatic carbocycles. The first kappa shape index (κ1) is 14.1. The Labute approximate surface area is 102 Å². The van der Waals surface area contributed by atoms with Gasteiger partial charge in [-0.25, -0.2) is 8.78 Å². The molecule has 0 saturated heterocycles. The maximum Gasteiger partial charge on any atom is 0.263 e. The zero-order valence-electron chi connectivity index (χ0n) is 10.8. The van der Waals surface area contributed by atoms with Gasteiger partial charge < -0.3 is 5.32 Å².